The molecule has 5 heterocycles. The summed E-state index contributed by atoms with van der Waals surface area (Å²) in [5, 5.41) is 0. The Bertz CT molecular complexity index is 2020. The SMILES string of the molecule is CC(C)C.CC(C)C.CC(C)C.CC(C)C.CC(C)C.CC(C)C.CC(C)c1ccccc1C(C)C.CC(C)c1cccnc1C(C)C.CC(C)c1cccnc1C(C)C.CC(C)c1ccncc1C(C)C.CC(C)c1ccncc1C(C)C.CC(C)c1nccnc1C(C)C. The summed E-state index contributed by atoms with van der Waals surface area (Å²) < 4.78 is 0. The van der Waals surface area contributed by atoms with E-state index >= 15 is 0 Å². The minimum Gasteiger partial charge on any atom is -0.264 e. The molecule has 0 aliphatic heterocycles. The van der Waals surface area contributed by atoms with Crippen LogP contribution in [0.5, 0.6) is 0 Å². The molecule has 0 radical (unpaired) electrons. The van der Waals surface area contributed by atoms with E-state index in [0.29, 0.717) is 71.0 Å². The van der Waals surface area contributed by atoms with Gasteiger partial charge in [0, 0.05) is 61.0 Å². The number of rotatable bonds is 12. The molecule has 0 bridgehead atoms. The topological polar surface area (TPSA) is 77.3 Å². The Morgan fingerprint density at radius 2 is 0.344 bits per heavy atom. The maximum Gasteiger partial charge on any atom is 0.0646 e. The molecule has 0 aliphatic carbocycles. The minimum atomic E-state index is 0.469. The third kappa shape index (κ3) is 57.9. The molecule has 96 heavy (non-hydrogen) atoms. The van der Waals surface area contributed by atoms with Crippen molar-refractivity contribution in [1.29, 1.82) is 0 Å². The number of hydrogen-bond donors (Lipinski definition) is 0. The molecule has 0 unspecified atom stereocenters. The number of hydrogen-bond acceptors (Lipinski definition) is 6. The summed E-state index contributed by atoms with van der Waals surface area (Å²) in [7, 11) is 0. The van der Waals surface area contributed by atoms with Gasteiger partial charge in [-0.2, -0.15) is 0 Å². The summed E-state index contributed by atoms with van der Waals surface area (Å²) in [4.78, 5) is 25.8. The molecule has 0 saturated heterocycles. The average Bonchev–Trinajstić information content (AvgIpc) is 0.947. The summed E-state index contributed by atoms with van der Waals surface area (Å²) in [5.74, 6) is 11.8. The van der Waals surface area contributed by atoms with Crippen molar-refractivity contribution >= 4 is 0 Å². The van der Waals surface area contributed by atoms with E-state index in [1.165, 1.54) is 55.9 Å². The highest BCUT2D eigenvalue weighted by molar-refractivity contribution is 5.33. The number of benzene rings is 1. The van der Waals surface area contributed by atoms with Crippen LogP contribution in [0.25, 0.3) is 0 Å². The van der Waals surface area contributed by atoms with Crippen molar-refractivity contribution in [1.82, 2.24) is 29.9 Å². The zero-order valence-corrected chi connectivity index (χ0v) is 71.5. The van der Waals surface area contributed by atoms with Crippen molar-refractivity contribution in [3.63, 3.8) is 0 Å². The third-order valence-electron chi connectivity index (χ3n) is 12.4. The van der Waals surface area contributed by atoms with E-state index in [2.05, 4.69) is 369 Å². The van der Waals surface area contributed by atoms with Crippen LogP contribution in [0.4, 0.5) is 0 Å². The monoisotopic (exact) mass is 1330 g/mol. The lowest BCUT2D eigenvalue weighted by atomic mass is 9.91. The Kier molecular flexibility index (Phi) is 63.6. The van der Waals surface area contributed by atoms with E-state index in [1.54, 1.807) is 12.4 Å². The molecule has 0 N–H and O–H groups in total. The van der Waals surface area contributed by atoms with E-state index < -0.39 is 0 Å². The summed E-state index contributed by atoms with van der Waals surface area (Å²) >= 11 is 0. The smallest absolute Gasteiger partial charge is 0.0646 e. The van der Waals surface area contributed by atoms with E-state index in [0.717, 1.165) is 46.9 Å². The number of aromatic nitrogens is 6. The lowest BCUT2D eigenvalue weighted by Gasteiger charge is -2.14. The van der Waals surface area contributed by atoms with Crippen LogP contribution in [0.15, 0.2) is 110 Å². The molecule has 0 atom stereocenters. The van der Waals surface area contributed by atoms with Gasteiger partial charge in [0.1, 0.15) is 0 Å². The van der Waals surface area contributed by atoms with Crippen molar-refractivity contribution < 1.29 is 0 Å². The van der Waals surface area contributed by atoms with Crippen molar-refractivity contribution in [2.45, 2.75) is 362 Å². The molecule has 6 rings (SSSR count). The fraction of sp³-hybridized carbons (Fsp3) is 0.667. The first-order valence-corrected chi connectivity index (χ1v) is 37.8. The Labute approximate surface area is 601 Å². The average molecular weight is 1330 g/mol. The maximum atomic E-state index is 4.40. The molecule has 6 aromatic rings. The molecule has 6 nitrogen and oxygen atoms in total. The fourth-order valence-electron chi connectivity index (χ4n) is 8.46. The Hall–Kier alpha value is -5.10. The van der Waals surface area contributed by atoms with Crippen LogP contribution >= 0.6 is 0 Å². The van der Waals surface area contributed by atoms with Gasteiger partial charge in [-0.15, -0.1) is 0 Å². The molecular formula is C90H162N6. The van der Waals surface area contributed by atoms with Crippen LogP contribution in [0.3, 0.4) is 0 Å². The summed E-state index contributed by atoms with van der Waals surface area (Å²) in [6.07, 6.45) is 15.0. The second-order valence-electron chi connectivity index (χ2n) is 33.2. The third-order valence-corrected chi connectivity index (χ3v) is 12.4. The predicted octanol–water partition coefficient (Wildman–Crippen LogP) is 29.9. The second kappa shape index (κ2) is 59.9. The van der Waals surface area contributed by atoms with Gasteiger partial charge >= 0.3 is 0 Å². The van der Waals surface area contributed by atoms with Gasteiger partial charge in [-0.1, -0.05) is 327 Å². The van der Waals surface area contributed by atoms with Gasteiger partial charge in [-0.05, 0) is 175 Å². The lowest BCUT2D eigenvalue weighted by molar-refractivity contribution is 0.726. The van der Waals surface area contributed by atoms with Crippen LogP contribution in [-0.4, -0.2) is 29.9 Å². The maximum absolute atomic E-state index is 4.40. The van der Waals surface area contributed by atoms with Crippen molar-refractivity contribution in [2.24, 2.45) is 35.5 Å². The zero-order chi connectivity index (χ0) is 76.3. The van der Waals surface area contributed by atoms with Crippen molar-refractivity contribution in [3.05, 3.63) is 178 Å². The number of pyridine rings is 4. The van der Waals surface area contributed by atoms with Gasteiger partial charge in [0.15, 0.2) is 0 Å². The first-order valence-electron chi connectivity index (χ1n) is 37.8. The lowest BCUT2D eigenvalue weighted by Crippen LogP contribution is -2.03. The Morgan fingerprint density at radius 1 is 0.167 bits per heavy atom. The molecule has 0 fully saturated rings. The number of nitrogens with zero attached hydrogens (tertiary/aromatic N) is 6. The van der Waals surface area contributed by atoms with Crippen LogP contribution in [0, 0.1) is 35.5 Å². The molecule has 1 aromatic carbocycles. The van der Waals surface area contributed by atoms with Gasteiger partial charge in [0.25, 0.3) is 0 Å². The highest BCUT2D eigenvalue weighted by atomic mass is 14.8. The Morgan fingerprint density at radius 3 is 0.510 bits per heavy atom. The summed E-state index contributed by atoms with van der Waals surface area (Å²) in [5.41, 5.74) is 16.1. The summed E-state index contributed by atoms with van der Waals surface area (Å²) in [6.45, 7) is 91.9. The normalized spacial score (nSPS) is 10.6. The summed E-state index contributed by atoms with van der Waals surface area (Å²) in [6, 6.07) is 21.4. The van der Waals surface area contributed by atoms with Crippen LogP contribution in [-0.2, 0) is 0 Å². The molecular weight excluding hydrogens is 1170 g/mol. The molecule has 0 saturated carbocycles. The van der Waals surface area contributed by atoms with E-state index in [1.807, 2.05) is 49.3 Å². The minimum absolute atomic E-state index is 0.469. The molecule has 6 heteroatoms. The predicted molar refractivity (Wildman–Crippen MR) is 438 cm³/mol. The molecule has 552 valence electrons. The van der Waals surface area contributed by atoms with Crippen LogP contribution in [0.1, 0.15) is 429 Å². The first kappa shape index (κ1) is 102. The van der Waals surface area contributed by atoms with E-state index in [4.69, 9.17) is 0 Å². The highest BCUT2D eigenvalue weighted by Gasteiger charge is 2.14. The van der Waals surface area contributed by atoms with Gasteiger partial charge in [0.05, 0.1) is 11.4 Å². The molecule has 0 spiro atoms. The van der Waals surface area contributed by atoms with Crippen molar-refractivity contribution in [3.8, 4) is 0 Å². The van der Waals surface area contributed by atoms with E-state index in [9.17, 15) is 0 Å². The van der Waals surface area contributed by atoms with Crippen molar-refractivity contribution in [2.75, 3.05) is 0 Å². The highest BCUT2D eigenvalue weighted by Crippen LogP contribution is 2.29. The van der Waals surface area contributed by atoms with Crippen LogP contribution in [0.2, 0.25) is 0 Å². The largest absolute Gasteiger partial charge is 0.264 e. The van der Waals surface area contributed by atoms with Gasteiger partial charge < -0.3 is 0 Å². The van der Waals surface area contributed by atoms with Gasteiger partial charge in [0.2, 0.25) is 0 Å². The first-order chi connectivity index (χ1) is 44.1. The van der Waals surface area contributed by atoms with Gasteiger partial charge in [-0.3, -0.25) is 29.9 Å². The van der Waals surface area contributed by atoms with E-state index in [-0.39, 0.29) is 0 Å². The molecule has 0 amide bonds. The zero-order valence-electron chi connectivity index (χ0n) is 71.5. The fourth-order valence-corrected chi connectivity index (χ4v) is 8.46. The second-order valence-corrected chi connectivity index (χ2v) is 33.2. The molecule has 5 aromatic heterocycles. The van der Waals surface area contributed by atoms with Crippen LogP contribution < -0.4 is 0 Å². The Balaban J connectivity index is -0.000000237. The quantitative estimate of drug-likeness (QED) is 0.121. The van der Waals surface area contributed by atoms with Gasteiger partial charge in [-0.25, -0.2) is 0 Å². The standard InChI is InChI=1S/C12H18.4C11H17N.C10H16N2.6C4H10/c1-9(2)11-7-5-6-8-12(11)10(3)4;2*1-8(2)10-5-6-12-7-11(10)9(3)4;2*1-8(2)10-6-5-7-12-11(10)9(3)4;1-7(2)9-10(8(3)4)12-6-5-11-9;6*1-4(2)3/h5-10H,1-4H3;4*5-9H,1-4H3;5-8H,1-4H3;6*4H,1-3H3. The molecule has 0 aliphatic rings.